The predicted octanol–water partition coefficient (Wildman–Crippen LogP) is 2.08. The topological polar surface area (TPSA) is 67.9 Å². The van der Waals surface area contributed by atoms with Gasteiger partial charge < -0.3 is 15.4 Å². The van der Waals surface area contributed by atoms with Crippen LogP contribution in [0, 0.1) is 0 Å². The Morgan fingerprint density at radius 2 is 2.05 bits per heavy atom. The third kappa shape index (κ3) is 2.78. The Morgan fingerprint density at radius 3 is 2.65 bits per heavy atom. The lowest BCUT2D eigenvalue weighted by Crippen LogP contribution is -2.54. The number of amides is 2. The van der Waals surface area contributed by atoms with Crippen molar-refractivity contribution in [2.45, 2.75) is 18.9 Å². The minimum atomic E-state index is -0.622. The molecule has 0 bridgehead atoms. The lowest BCUT2D eigenvalue weighted by molar-refractivity contribution is 0.128. The maximum atomic E-state index is 11.9. The molecular formula is C14H18ClN3O2. The molecule has 20 heavy (non-hydrogen) atoms. The van der Waals surface area contributed by atoms with Gasteiger partial charge >= 0.3 is 6.03 Å². The average Bonchev–Trinajstić information content (AvgIpc) is 2.61. The summed E-state index contributed by atoms with van der Waals surface area (Å²) in [5.41, 5.74) is 6.39. The molecule has 0 spiro atoms. The van der Waals surface area contributed by atoms with Gasteiger partial charge in [-0.2, -0.15) is 4.99 Å². The van der Waals surface area contributed by atoms with Crippen LogP contribution in [-0.4, -0.2) is 42.6 Å². The van der Waals surface area contributed by atoms with Gasteiger partial charge in [-0.05, 0) is 24.6 Å². The fourth-order valence-corrected chi connectivity index (χ4v) is 2.47. The molecule has 2 N–H and O–H groups in total. The predicted molar refractivity (Wildman–Crippen MR) is 79.2 cm³/mol. The molecule has 1 atom stereocenters. The molecule has 108 valence electrons. The number of carbonyl (C=O) groups is 1. The van der Waals surface area contributed by atoms with Crippen LogP contribution in [0.1, 0.15) is 12.5 Å². The number of methoxy groups -OCH3 is 1. The largest absolute Gasteiger partial charge is 0.385 e. The van der Waals surface area contributed by atoms with Crippen molar-refractivity contribution in [3.8, 4) is 0 Å². The highest BCUT2D eigenvalue weighted by Crippen LogP contribution is 2.27. The molecule has 5 nitrogen and oxygen atoms in total. The van der Waals surface area contributed by atoms with Gasteiger partial charge in [0, 0.05) is 25.1 Å². The maximum absolute atomic E-state index is 11.9. The standard InChI is InChI=1S/C14H18ClN3O2/c1-14(9-10-3-5-11(15)6-4-10)12(16)17-13(19)18(14)7-8-20-2/h3-6H,7-9H2,1-2H3,(H2,16,17,19). The molecule has 0 saturated heterocycles. The van der Waals surface area contributed by atoms with E-state index in [0.717, 1.165) is 5.56 Å². The van der Waals surface area contributed by atoms with E-state index >= 15 is 0 Å². The van der Waals surface area contributed by atoms with Crippen LogP contribution in [0.15, 0.2) is 29.3 Å². The lowest BCUT2D eigenvalue weighted by atomic mass is 9.90. The van der Waals surface area contributed by atoms with Crippen LogP contribution >= 0.6 is 11.6 Å². The van der Waals surface area contributed by atoms with Gasteiger partial charge in [0.05, 0.1) is 6.61 Å². The number of amidine groups is 1. The number of hydrogen-bond acceptors (Lipinski definition) is 3. The van der Waals surface area contributed by atoms with Crippen molar-refractivity contribution >= 4 is 23.5 Å². The molecule has 2 rings (SSSR count). The van der Waals surface area contributed by atoms with Crippen molar-refractivity contribution in [1.82, 2.24) is 4.90 Å². The number of nitrogens with two attached hydrogens (primary N) is 1. The minimum absolute atomic E-state index is 0.309. The first kappa shape index (κ1) is 14.8. The van der Waals surface area contributed by atoms with Gasteiger partial charge in [0.2, 0.25) is 0 Å². The van der Waals surface area contributed by atoms with E-state index in [2.05, 4.69) is 4.99 Å². The van der Waals surface area contributed by atoms with E-state index in [1.165, 1.54) is 0 Å². The third-order valence-corrected chi connectivity index (χ3v) is 3.83. The van der Waals surface area contributed by atoms with Crippen LogP contribution in [0.5, 0.6) is 0 Å². The SMILES string of the molecule is COCCN1C(=O)N=C(N)C1(C)Cc1ccc(Cl)cc1. The molecule has 0 aromatic heterocycles. The molecule has 1 unspecified atom stereocenters. The molecule has 1 aromatic rings. The van der Waals surface area contributed by atoms with Gasteiger partial charge in [0.15, 0.2) is 0 Å². The fraction of sp³-hybridized carbons (Fsp3) is 0.429. The molecule has 0 radical (unpaired) electrons. The Bertz CT molecular complexity index is 530. The van der Waals surface area contributed by atoms with Gasteiger partial charge in [0.25, 0.3) is 0 Å². The number of aliphatic imine (C=N–C) groups is 1. The van der Waals surface area contributed by atoms with Gasteiger partial charge in [-0.15, -0.1) is 0 Å². The summed E-state index contributed by atoms with van der Waals surface area (Å²) in [6.07, 6.45) is 0.592. The molecule has 1 heterocycles. The van der Waals surface area contributed by atoms with E-state index in [9.17, 15) is 4.79 Å². The zero-order chi connectivity index (χ0) is 14.8. The Kier molecular flexibility index (Phi) is 4.30. The van der Waals surface area contributed by atoms with Gasteiger partial charge in [-0.1, -0.05) is 23.7 Å². The third-order valence-electron chi connectivity index (χ3n) is 3.58. The summed E-state index contributed by atoms with van der Waals surface area (Å²) < 4.78 is 5.04. The van der Waals surface area contributed by atoms with Gasteiger partial charge in [-0.25, -0.2) is 4.79 Å². The van der Waals surface area contributed by atoms with Crippen molar-refractivity contribution in [2.75, 3.05) is 20.3 Å². The van der Waals surface area contributed by atoms with E-state index in [-0.39, 0.29) is 6.03 Å². The van der Waals surface area contributed by atoms with Crippen LogP contribution in [0.4, 0.5) is 4.79 Å². The molecule has 1 aliphatic rings. The molecule has 0 fully saturated rings. The Morgan fingerprint density at radius 1 is 1.40 bits per heavy atom. The summed E-state index contributed by atoms with van der Waals surface area (Å²) in [7, 11) is 1.60. The first-order valence-electron chi connectivity index (χ1n) is 6.37. The van der Waals surface area contributed by atoms with Gasteiger partial charge in [0.1, 0.15) is 11.4 Å². The number of hydrogen-bond donors (Lipinski definition) is 1. The molecule has 6 heteroatoms. The first-order chi connectivity index (χ1) is 9.47. The number of rotatable bonds is 5. The van der Waals surface area contributed by atoms with E-state index in [1.54, 1.807) is 12.0 Å². The van der Waals surface area contributed by atoms with E-state index in [0.29, 0.717) is 30.4 Å². The van der Waals surface area contributed by atoms with Crippen molar-refractivity contribution in [3.63, 3.8) is 0 Å². The highest BCUT2D eigenvalue weighted by atomic mass is 35.5. The van der Waals surface area contributed by atoms with Crippen molar-refractivity contribution in [3.05, 3.63) is 34.9 Å². The summed E-state index contributed by atoms with van der Waals surface area (Å²) in [4.78, 5) is 17.5. The second-order valence-corrected chi connectivity index (χ2v) is 5.44. The van der Waals surface area contributed by atoms with Crippen LogP contribution in [0.2, 0.25) is 5.02 Å². The van der Waals surface area contributed by atoms with Crippen molar-refractivity contribution < 1.29 is 9.53 Å². The first-order valence-corrected chi connectivity index (χ1v) is 6.75. The van der Waals surface area contributed by atoms with Crippen LogP contribution in [0.3, 0.4) is 0 Å². The number of carbonyl (C=O) groups excluding carboxylic acids is 1. The quantitative estimate of drug-likeness (QED) is 0.904. The maximum Gasteiger partial charge on any atom is 0.346 e. The van der Waals surface area contributed by atoms with E-state index in [1.807, 2.05) is 31.2 Å². The Hall–Kier alpha value is -1.59. The summed E-state index contributed by atoms with van der Waals surface area (Å²) >= 11 is 5.88. The number of halogens is 1. The second kappa shape index (κ2) is 5.81. The number of ether oxygens (including phenoxy) is 1. The van der Waals surface area contributed by atoms with E-state index in [4.69, 9.17) is 22.1 Å². The Balaban J connectivity index is 2.22. The lowest BCUT2D eigenvalue weighted by Gasteiger charge is -2.34. The Labute approximate surface area is 123 Å². The summed E-state index contributed by atoms with van der Waals surface area (Å²) in [5.74, 6) is 0.341. The van der Waals surface area contributed by atoms with Crippen molar-refractivity contribution in [2.24, 2.45) is 10.7 Å². The highest BCUT2D eigenvalue weighted by Gasteiger charge is 2.44. The zero-order valence-electron chi connectivity index (χ0n) is 11.6. The zero-order valence-corrected chi connectivity index (χ0v) is 12.4. The number of urea groups is 1. The average molecular weight is 296 g/mol. The highest BCUT2D eigenvalue weighted by molar-refractivity contribution is 6.30. The van der Waals surface area contributed by atoms with E-state index < -0.39 is 5.54 Å². The summed E-state index contributed by atoms with van der Waals surface area (Å²) in [6, 6.07) is 7.19. The number of benzene rings is 1. The molecule has 1 aliphatic heterocycles. The monoisotopic (exact) mass is 295 g/mol. The fourth-order valence-electron chi connectivity index (χ4n) is 2.34. The van der Waals surface area contributed by atoms with Gasteiger partial charge in [-0.3, -0.25) is 0 Å². The van der Waals surface area contributed by atoms with Crippen LogP contribution in [-0.2, 0) is 11.2 Å². The normalized spacial score (nSPS) is 22.2. The number of nitrogens with zero attached hydrogens (tertiary/aromatic N) is 2. The van der Waals surface area contributed by atoms with Crippen LogP contribution in [0.25, 0.3) is 0 Å². The second-order valence-electron chi connectivity index (χ2n) is 5.00. The molecule has 0 saturated carbocycles. The smallest absolute Gasteiger partial charge is 0.346 e. The minimum Gasteiger partial charge on any atom is -0.385 e. The summed E-state index contributed by atoms with van der Waals surface area (Å²) in [6.45, 7) is 2.83. The van der Waals surface area contributed by atoms with Crippen molar-refractivity contribution in [1.29, 1.82) is 0 Å². The molecule has 2 amide bonds. The molecule has 1 aromatic carbocycles. The molecule has 0 aliphatic carbocycles. The van der Waals surface area contributed by atoms with Crippen LogP contribution < -0.4 is 5.73 Å². The molecular weight excluding hydrogens is 278 g/mol. The summed E-state index contributed by atoms with van der Waals surface area (Å²) in [5, 5.41) is 0.680.